The number of nitrogens with two attached hydrogens (primary N) is 1. The molecule has 0 bridgehead atoms. The summed E-state index contributed by atoms with van der Waals surface area (Å²) in [5.41, 5.74) is 5.75. The molecule has 3 rings (SSSR count). The molecule has 19 heavy (non-hydrogen) atoms. The van der Waals surface area contributed by atoms with Crippen molar-refractivity contribution in [3.05, 3.63) is 35.1 Å². The van der Waals surface area contributed by atoms with Crippen molar-refractivity contribution >= 4 is 33.3 Å². The number of aryl methyl sites for hydroxylation is 1. The fraction of sp³-hybridized carbons (Fsp3) is 0.231. The fourth-order valence-corrected chi connectivity index (χ4v) is 2.86. The molecule has 0 aliphatic heterocycles. The first-order chi connectivity index (χ1) is 9.26. The van der Waals surface area contributed by atoms with Gasteiger partial charge < -0.3 is 15.5 Å². The standard InChI is InChI=1S/C13H14N4OS/c1-2-9-6-10-11(15-7-8-4-3-5-18-8)16-13(14)17-12(10)19-9/h3-6H,2,7H2,1H3,(H3,14,15,16,17). The predicted molar refractivity (Wildman–Crippen MR) is 77.2 cm³/mol. The zero-order valence-electron chi connectivity index (χ0n) is 10.5. The molecule has 0 aliphatic rings. The van der Waals surface area contributed by atoms with E-state index in [9.17, 15) is 0 Å². The number of nitrogens with zero attached hydrogens (tertiary/aromatic N) is 2. The number of fused-ring (bicyclic) bond motifs is 1. The SMILES string of the molecule is CCc1cc2c(NCc3ccco3)nc(N)nc2s1. The number of hydrogen-bond donors (Lipinski definition) is 2. The number of hydrogen-bond acceptors (Lipinski definition) is 6. The average molecular weight is 274 g/mol. The molecule has 0 amide bonds. The number of nitrogen functional groups attached to an aromatic ring is 1. The quantitative estimate of drug-likeness (QED) is 0.764. The monoisotopic (exact) mass is 274 g/mol. The van der Waals surface area contributed by atoms with Crippen LogP contribution in [0.4, 0.5) is 11.8 Å². The Hall–Kier alpha value is -2.08. The maximum atomic E-state index is 5.75. The molecule has 0 saturated heterocycles. The van der Waals surface area contributed by atoms with Gasteiger partial charge in [0.2, 0.25) is 5.95 Å². The molecule has 6 heteroatoms. The van der Waals surface area contributed by atoms with Gasteiger partial charge in [-0.25, -0.2) is 4.98 Å². The first kappa shape index (κ1) is 12.0. The number of furan rings is 1. The number of nitrogens with one attached hydrogen (secondary N) is 1. The molecule has 3 N–H and O–H groups in total. The van der Waals surface area contributed by atoms with Crippen molar-refractivity contribution in [1.82, 2.24) is 9.97 Å². The molecule has 0 unspecified atom stereocenters. The van der Waals surface area contributed by atoms with Crippen LogP contribution in [0.2, 0.25) is 0 Å². The Balaban J connectivity index is 1.94. The first-order valence-corrected chi connectivity index (χ1v) is 6.90. The highest BCUT2D eigenvalue weighted by Gasteiger charge is 2.10. The van der Waals surface area contributed by atoms with Gasteiger partial charge in [-0.15, -0.1) is 11.3 Å². The van der Waals surface area contributed by atoms with E-state index in [2.05, 4.69) is 28.3 Å². The second kappa shape index (κ2) is 4.89. The van der Waals surface area contributed by atoms with E-state index in [4.69, 9.17) is 10.2 Å². The van der Waals surface area contributed by atoms with Gasteiger partial charge in [0.1, 0.15) is 16.4 Å². The number of rotatable bonds is 4. The van der Waals surface area contributed by atoms with Crippen molar-refractivity contribution in [2.75, 3.05) is 11.1 Å². The van der Waals surface area contributed by atoms with Crippen LogP contribution in [0.15, 0.2) is 28.9 Å². The van der Waals surface area contributed by atoms with Crippen LogP contribution in [0.1, 0.15) is 17.6 Å². The Morgan fingerprint density at radius 2 is 2.32 bits per heavy atom. The van der Waals surface area contributed by atoms with Crippen LogP contribution in [-0.4, -0.2) is 9.97 Å². The van der Waals surface area contributed by atoms with Crippen LogP contribution in [0.25, 0.3) is 10.2 Å². The van der Waals surface area contributed by atoms with E-state index >= 15 is 0 Å². The van der Waals surface area contributed by atoms with Crippen LogP contribution < -0.4 is 11.1 Å². The molecule has 0 fully saturated rings. The van der Waals surface area contributed by atoms with Gasteiger partial charge >= 0.3 is 0 Å². The summed E-state index contributed by atoms with van der Waals surface area (Å²) in [6, 6.07) is 5.89. The van der Waals surface area contributed by atoms with Gasteiger partial charge in [0.15, 0.2) is 0 Å². The smallest absolute Gasteiger partial charge is 0.223 e. The van der Waals surface area contributed by atoms with E-state index < -0.39 is 0 Å². The van der Waals surface area contributed by atoms with Gasteiger partial charge in [-0.2, -0.15) is 4.98 Å². The maximum Gasteiger partial charge on any atom is 0.223 e. The van der Waals surface area contributed by atoms with E-state index in [-0.39, 0.29) is 0 Å². The molecule has 98 valence electrons. The third-order valence-electron chi connectivity index (χ3n) is 2.82. The minimum Gasteiger partial charge on any atom is -0.467 e. The third kappa shape index (κ3) is 2.39. The summed E-state index contributed by atoms with van der Waals surface area (Å²) in [4.78, 5) is 10.7. The lowest BCUT2D eigenvalue weighted by Crippen LogP contribution is -2.04. The van der Waals surface area contributed by atoms with Gasteiger partial charge in [-0.05, 0) is 24.6 Å². The van der Waals surface area contributed by atoms with Crippen molar-refractivity contribution in [2.45, 2.75) is 19.9 Å². The highest BCUT2D eigenvalue weighted by molar-refractivity contribution is 7.18. The van der Waals surface area contributed by atoms with Crippen LogP contribution >= 0.6 is 11.3 Å². The average Bonchev–Trinajstić information content (AvgIpc) is 3.04. The molecule has 0 radical (unpaired) electrons. The molecular formula is C13H14N4OS. The van der Waals surface area contributed by atoms with Crippen LogP contribution in [-0.2, 0) is 13.0 Å². The molecule has 5 nitrogen and oxygen atoms in total. The largest absolute Gasteiger partial charge is 0.467 e. The molecule has 3 aromatic heterocycles. The molecule has 0 spiro atoms. The first-order valence-electron chi connectivity index (χ1n) is 6.08. The van der Waals surface area contributed by atoms with Crippen molar-refractivity contribution in [1.29, 1.82) is 0 Å². The van der Waals surface area contributed by atoms with Gasteiger partial charge in [0, 0.05) is 4.88 Å². The van der Waals surface area contributed by atoms with E-state index in [0.717, 1.165) is 28.2 Å². The molecule has 3 aromatic rings. The second-order valence-corrected chi connectivity index (χ2v) is 5.26. The lowest BCUT2D eigenvalue weighted by molar-refractivity contribution is 0.518. The van der Waals surface area contributed by atoms with Gasteiger partial charge in [0.25, 0.3) is 0 Å². The van der Waals surface area contributed by atoms with Crippen molar-refractivity contribution in [3.8, 4) is 0 Å². The fourth-order valence-electron chi connectivity index (χ4n) is 1.88. The highest BCUT2D eigenvalue weighted by atomic mass is 32.1. The normalized spacial score (nSPS) is 11.0. The van der Waals surface area contributed by atoms with E-state index in [1.165, 1.54) is 4.88 Å². The van der Waals surface area contributed by atoms with E-state index in [1.54, 1.807) is 17.6 Å². The minimum absolute atomic E-state index is 0.291. The summed E-state index contributed by atoms with van der Waals surface area (Å²) >= 11 is 1.65. The topological polar surface area (TPSA) is 77.0 Å². The number of aromatic nitrogens is 2. The maximum absolute atomic E-state index is 5.75. The molecule has 0 aliphatic carbocycles. The van der Waals surface area contributed by atoms with Gasteiger partial charge in [-0.1, -0.05) is 6.92 Å². The van der Waals surface area contributed by atoms with Crippen LogP contribution in [0.3, 0.4) is 0 Å². The summed E-state index contributed by atoms with van der Waals surface area (Å²) in [5.74, 6) is 1.91. The molecule has 0 atom stereocenters. The Bertz CT molecular complexity index is 690. The van der Waals surface area contributed by atoms with E-state index in [0.29, 0.717) is 12.5 Å². The molecule has 3 heterocycles. The van der Waals surface area contributed by atoms with Crippen LogP contribution in [0.5, 0.6) is 0 Å². The summed E-state index contributed by atoms with van der Waals surface area (Å²) < 4.78 is 5.29. The number of anilines is 2. The Labute approximate surface area is 114 Å². The van der Waals surface area contributed by atoms with Crippen LogP contribution in [0, 0.1) is 0 Å². The molecule has 0 saturated carbocycles. The number of thiophene rings is 1. The second-order valence-electron chi connectivity index (χ2n) is 4.15. The van der Waals surface area contributed by atoms with E-state index in [1.807, 2.05) is 12.1 Å². The van der Waals surface area contributed by atoms with Gasteiger partial charge in [-0.3, -0.25) is 0 Å². The Kier molecular flexibility index (Phi) is 3.08. The third-order valence-corrected chi connectivity index (χ3v) is 3.99. The zero-order valence-corrected chi connectivity index (χ0v) is 11.3. The van der Waals surface area contributed by atoms with Crippen molar-refractivity contribution in [2.24, 2.45) is 0 Å². The zero-order chi connectivity index (χ0) is 13.2. The lowest BCUT2D eigenvalue weighted by atomic mass is 10.3. The summed E-state index contributed by atoms with van der Waals surface area (Å²) in [6.07, 6.45) is 2.64. The Morgan fingerprint density at radius 1 is 1.42 bits per heavy atom. The lowest BCUT2D eigenvalue weighted by Gasteiger charge is -2.05. The molecular weight excluding hydrogens is 260 g/mol. The summed E-state index contributed by atoms with van der Waals surface area (Å²) in [6.45, 7) is 2.70. The van der Waals surface area contributed by atoms with Crippen molar-refractivity contribution < 1.29 is 4.42 Å². The summed E-state index contributed by atoms with van der Waals surface area (Å²) in [7, 11) is 0. The van der Waals surface area contributed by atoms with Gasteiger partial charge in [0.05, 0.1) is 18.2 Å². The predicted octanol–water partition coefficient (Wildman–Crippen LogP) is 3.04. The van der Waals surface area contributed by atoms with Crippen molar-refractivity contribution in [3.63, 3.8) is 0 Å². The minimum atomic E-state index is 0.291. The molecule has 0 aromatic carbocycles. The highest BCUT2D eigenvalue weighted by Crippen LogP contribution is 2.30. The summed E-state index contributed by atoms with van der Waals surface area (Å²) in [5, 5.41) is 4.27. The Morgan fingerprint density at radius 3 is 3.05 bits per heavy atom.